The molecule has 0 aliphatic carbocycles. The maximum absolute atomic E-state index is 12.5. The third-order valence-electron chi connectivity index (χ3n) is 3.71. The van der Waals surface area contributed by atoms with Crippen molar-refractivity contribution in [3.8, 4) is 11.8 Å². The standard InChI is InChI=1S/C21H13N3OS/c25-21(16-8-10-19-20(13-16)26-14-23-19)24-18-6-3-4-15(12-18)7-9-17-5-1-2-11-22-17/h1-6,8,10-14H,(H,24,25). The number of hydrogen-bond acceptors (Lipinski definition) is 4. The first-order valence-corrected chi connectivity index (χ1v) is 8.84. The number of fused-ring (bicyclic) bond motifs is 1. The van der Waals surface area contributed by atoms with Crippen molar-refractivity contribution in [2.45, 2.75) is 0 Å². The van der Waals surface area contributed by atoms with Crippen LogP contribution in [0.5, 0.6) is 0 Å². The van der Waals surface area contributed by atoms with Gasteiger partial charge >= 0.3 is 0 Å². The molecule has 0 aliphatic rings. The molecule has 4 aromatic rings. The third kappa shape index (κ3) is 3.61. The van der Waals surface area contributed by atoms with Crippen LogP contribution >= 0.6 is 11.3 Å². The fraction of sp³-hybridized carbons (Fsp3) is 0. The number of carbonyl (C=O) groups excluding carboxylic acids is 1. The molecule has 4 rings (SSSR count). The monoisotopic (exact) mass is 355 g/mol. The van der Waals surface area contributed by atoms with Crippen molar-refractivity contribution in [3.63, 3.8) is 0 Å². The van der Waals surface area contributed by atoms with Gasteiger partial charge in [0.15, 0.2) is 0 Å². The highest BCUT2D eigenvalue weighted by molar-refractivity contribution is 7.16. The van der Waals surface area contributed by atoms with Gasteiger partial charge in [-0.05, 0) is 54.5 Å². The van der Waals surface area contributed by atoms with E-state index >= 15 is 0 Å². The summed E-state index contributed by atoms with van der Waals surface area (Å²) in [4.78, 5) is 20.9. The van der Waals surface area contributed by atoms with Gasteiger partial charge in [0.2, 0.25) is 0 Å². The molecule has 0 aliphatic heterocycles. The number of pyridine rings is 1. The highest BCUT2D eigenvalue weighted by atomic mass is 32.1. The first-order chi connectivity index (χ1) is 12.8. The highest BCUT2D eigenvalue weighted by Gasteiger charge is 2.08. The number of aromatic nitrogens is 2. The molecule has 0 saturated heterocycles. The summed E-state index contributed by atoms with van der Waals surface area (Å²) in [6.45, 7) is 0. The summed E-state index contributed by atoms with van der Waals surface area (Å²) in [6.07, 6.45) is 1.71. The first kappa shape index (κ1) is 16.0. The summed E-state index contributed by atoms with van der Waals surface area (Å²) in [6, 6.07) is 18.5. The smallest absolute Gasteiger partial charge is 0.255 e. The SMILES string of the molecule is O=C(Nc1cccc(C#Cc2ccccn2)c1)c1ccc2ncsc2c1. The van der Waals surface area contributed by atoms with Gasteiger partial charge in [0.1, 0.15) is 5.69 Å². The lowest BCUT2D eigenvalue weighted by Gasteiger charge is -2.05. The maximum Gasteiger partial charge on any atom is 0.255 e. The summed E-state index contributed by atoms with van der Waals surface area (Å²) in [5, 5.41) is 2.92. The Kier molecular flexibility index (Phi) is 4.42. The second kappa shape index (κ2) is 7.18. The number of amides is 1. The van der Waals surface area contributed by atoms with Crippen molar-refractivity contribution in [3.05, 3.63) is 89.2 Å². The summed E-state index contributed by atoms with van der Waals surface area (Å²) < 4.78 is 0.993. The molecule has 2 aromatic heterocycles. The van der Waals surface area contributed by atoms with Crippen LogP contribution in [0.4, 0.5) is 5.69 Å². The average molecular weight is 355 g/mol. The Morgan fingerprint density at radius 2 is 1.92 bits per heavy atom. The van der Waals surface area contributed by atoms with E-state index in [0.29, 0.717) is 16.9 Å². The fourth-order valence-corrected chi connectivity index (χ4v) is 3.16. The van der Waals surface area contributed by atoms with Crippen LogP contribution in [0.3, 0.4) is 0 Å². The molecule has 2 heterocycles. The lowest BCUT2D eigenvalue weighted by Crippen LogP contribution is -2.11. The van der Waals surface area contributed by atoms with Crippen LogP contribution in [-0.2, 0) is 0 Å². The Morgan fingerprint density at radius 3 is 2.81 bits per heavy atom. The first-order valence-electron chi connectivity index (χ1n) is 7.96. The van der Waals surface area contributed by atoms with Crippen LogP contribution in [0, 0.1) is 11.8 Å². The van der Waals surface area contributed by atoms with Crippen LogP contribution in [0.2, 0.25) is 0 Å². The van der Waals surface area contributed by atoms with Gasteiger partial charge in [0.25, 0.3) is 5.91 Å². The van der Waals surface area contributed by atoms with Crippen molar-refractivity contribution >= 4 is 33.1 Å². The molecular formula is C21H13N3OS. The molecule has 0 fully saturated rings. The zero-order valence-electron chi connectivity index (χ0n) is 13.6. The molecule has 1 amide bonds. The second-order valence-corrected chi connectivity index (χ2v) is 6.42. The van der Waals surface area contributed by atoms with Gasteiger partial charge in [-0.2, -0.15) is 0 Å². The van der Waals surface area contributed by atoms with E-state index in [1.54, 1.807) is 17.8 Å². The van der Waals surface area contributed by atoms with Crippen molar-refractivity contribution < 1.29 is 4.79 Å². The minimum Gasteiger partial charge on any atom is -0.322 e. The topological polar surface area (TPSA) is 54.9 Å². The number of anilines is 1. The minimum atomic E-state index is -0.157. The summed E-state index contributed by atoms with van der Waals surface area (Å²) in [5.41, 5.74) is 5.50. The summed E-state index contributed by atoms with van der Waals surface area (Å²) in [5.74, 6) is 5.92. The predicted molar refractivity (Wildman–Crippen MR) is 104 cm³/mol. The summed E-state index contributed by atoms with van der Waals surface area (Å²) in [7, 11) is 0. The molecule has 5 heteroatoms. The molecular weight excluding hydrogens is 342 g/mol. The number of hydrogen-bond donors (Lipinski definition) is 1. The summed E-state index contributed by atoms with van der Waals surface area (Å²) >= 11 is 1.52. The van der Waals surface area contributed by atoms with Gasteiger partial charge in [0, 0.05) is 23.0 Å². The number of thiazole rings is 1. The van der Waals surface area contributed by atoms with Crippen molar-refractivity contribution in [1.29, 1.82) is 0 Å². The van der Waals surface area contributed by atoms with E-state index < -0.39 is 0 Å². The van der Waals surface area contributed by atoms with E-state index in [1.165, 1.54) is 11.3 Å². The normalized spacial score (nSPS) is 10.2. The average Bonchev–Trinajstić information content (AvgIpc) is 3.15. The van der Waals surface area contributed by atoms with E-state index in [9.17, 15) is 4.79 Å². The van der Waals surface area contributed by atoms with E-state index in [0.717, 1.165) is 15.8 Å². The number of benzene rings is 2. The zero-order valence-corrected chi connectivity index (χ0v) is 14.5. The molecule has 0 unspecified atom stereocenters. The Balaban J connectivity index is 1.53. The molecule has 1 N–H and O–H groups in total. The van der Waals surface area contributed by atoms with E-state index in [4.69, 9.17) is 0 Å². The van der Waals surface area contributed by atoms with Crippen LogP contribution < -0.4 is 5.32 Å². The lowest BCUT2D eigenvalue weighted by atomic mass is 10.1. The highest BCUT2D eigenvalue weighted by Crippen LogP contribution is 2.20. The van der Waals surface area contributed by atoms with Crippen LogP contribution in [-0.4, -0.2) is 15.9 Å². The van der Waals surface area contributed by atoms with Gasteiger partial charge in [-0.25, -0.2) is 9.97 Å². The maximum atomic E-state index is 12.5. The quantitative estimate of drug-likeness (QED) is 0.544. The van der Waals surface area contributed by atoms with Gasteiger partial charge < -0.3 is 5.32 Å². The number of nitrogens with one attached hydrogen (secondary N) is 1. The molecule has 0 radical (unpaired) electrons. The Hall–Kier alpha value is -3.49. The molecule has 0 saturated carbocycles. The molecule has 4 nitrogen and oxygen atoms in total. The van der Waals surface area contributed by atoms with Crippen molar-refractivity contribution in [1.82, 2.24) is 9.97 Å². The molecule has 2 aromatic carbocycles. The molecule has 0 atom stereocenters. The second-order valence-electron chi connectivity index (χ2n) is 5.53. The molecule has 0 bridgehead atoms. The number of rotatable bonds is 2. The van der Waals surface area contributed by atoms with E-state index in [-0.39, 0.29) is 5.91 Å². The number of carbonyl (C=O) groups is 1. The van der Waals surface area contributed by atoms with Crippen molar-refractivity contribution in [2.75, 3.05) is 5.32 Å². The molecule has 0 spiro atoms. The predicted octanol–water partition coefficient (Wildman–Crippen LogP) is 4.34. The van der Waals surface area contributed by atoms with Gasteiger partial charge in [0.05, 0.1) is 15.7 Å². The molecule has 124 valence electrons. The van der Waals surface area contributed by atoms with E-state index in [2.05, 4.69) is 27.1 Å². The number of nitrogens with zero attached hydrogens (tertiary/aromatic N) is 2. The molecule has 26 heavy (non-hydrogen) atoms. The van der Waals surface area contributed by atoms with Crippen LogP contribution in [0.25, 0.3) is 10.2 Å². The largest absolute Gasteiger partial charge is 0.322 e. The lowest BCUT2D eigenvalue weighted by molar-refractivity contribution is 0.102. The zero-order chi connectivity index (χ0) is 17.8. The Bertz CT molecular complexity index is 1140. The third-order valence-corrected chi connectivity index (χ3v) is 4.51. The van der Waals surface area contributed by atoms with E-state index in [1.807, 2.05) is 54.6 Å². The van der Waals surface area contributed by atoms with Gasteiger partial charge in [-0.1, -0.05) is 18.1 Å². The Morgan fingerprint density at radius 1 is 0.962 bits per heavy atom. The van der Waals surface area contributed by atoms with Crippen LogP contribution in [0.1, 0.15) is 21.6 Å². The van der Waals surface area contributed by atoms with Gasteiger partial charge in [-0.3, -0.25) is 4.79 Å². The van der Waals surface area contributed by atoms with Crippen molar-refractivity contribution in [2.24, 2.45) is 0 Å². The fourth-order valence-electron chi connectivity index (χ4n) is 2.45. The van der Waals surface area contributed by atoms with Crippen LogP contribution in [0.15, 0.2) is 72.4 Å². The van der Waals surface area contributed by atoms with Gasteiger partial charge in [-0.15, -0.1) is 11.3 Å². The minimum absolute atomic E-state index is 0.157. The Labute approximate surface area is 154 Å².